The Morgan fingerprint density at radius 2 is 1.06 bits per heavy atom. The molecule has 0 bridgehead atoms. The van der Waals surface area contributed by atoms with Gasteiger partial charge >= 0.3 is 0 Å². The van der Waals surface area contributed by atoms with Crippen LogP contribution in [0.4, 0.5) is 17.1 Å². The first-order valence-electron chi connectivity index (χ1n) is 18.1. The molecule has 0 amide bonds. The number of anilines is 3. The van der Waals surface area contributed by atoms with Gasteiger partial charge in [0.2, 0.25) is 0 Å². The largest absolute Gasteiger partial charge is 0.456 e. The fraction of sp³-hybridized carbons (Fsp3) is 0. The normalized spacial score (nSPS) is 11.8. The van der Waals surface area contributed by atoms with Crippen LogP contribution < -0.4 is 4.90 Å². The van der Waals surface area contributed by atoms with Gasteiger partial charge < -0.3 is 13.9 Å². The summed E-state index contributed by atoms with van der Waals surface area (Å²) in [6, 6.07) is 69.8. The number of benzene rings is 9. The van der Waals surface area contributed by atoms with Gasteiger partial charge in [0.15, 0.2) is 0 Å². The second-order valence-electron chi connectivity index (χ2n) is 13.7. The first-order chi connectivity index (χ1) is 26.3. The minimum atomic E-state index is 0.869. The van der Waals surface area contributed by atoms with E-state index in [2.05, 4.69) is 204 Å². The van der Waals surface area contributed by atoms with Gasteiger partial charge in [-0.1, -0.05) is 140 Å². The number of aromatic nitrogens is 1. The number of hydrogen-bond acceptors (Lipinski definition) is 2. The Kier molecular flexibility index (Phi) is 6.55. The van der Waals surface area contributed by atoms with E-state index in [1.165, 1.54) is 43.7 Å². The number of rotatable bonds is 5. The topological polar surface area (TPSA) is 21.3 Å². The Morgan fingerprint density at radius 3 is 1.89 bits per heavy atom. The molecule has 0 fully saturated rings. The van der Waals surface area contributed by atoms with Gasteiger partial charge in [-0.25, -0.2) is 0 Å². The van der Waals surface area contributed by atoms with Crippen LogP contribution in [0.5, 0.6) is 0 Å². The van der Waals surface area contributed by atoms with Crippen molar-refractivity contribution in [3.8, 4) is 16.8 Å². The van der Waals surface area contributed by atoms with E-state index in [0.717, 1.165) is 55.5 Å². The van der Waals surface area contributed by atoms with E-state index in [1.807, 2.05) is 0 Å². The van der Waals surface area contributed by atoms with E-state index in [-0.39, 0.29) is 0 Å². The lowest BCUT2D eigenvalue weighted by atomic mass is 9.94. The number of nitrogens with zero attached hydrogens (tertiary/aromatic N) is 2. The molecule has 0 atom stereocenters. The Labute approximate surface area is 306 Å². The van der Waals surface area contributed by atoms with Crippen molar-refractivity contribution in [3.63, 3.8) is 0 Å². The maximum Gasteiger partial charge on any atom is 0.138 e. The summed E-state index contributed by atoms with van der Waals surface area (Å²) >= 11 is 0. The minimum Gasteiger partial charge on any atom is -0.456 e. The van der Waals surface area contributed by atoms with Crippen molar-refractivity contribution in [2.24, 2.45) is 0 Å². The molecule has 11 aromatic rings. The average Bonchev–Trinajstić information content (AvgIpc) is 3.76. The van der Waals surface area contributed by atoms with Crippen LogP contribution in [-0.2, 0) is 0 Å². The summed E-state index contributed by atoms with van der Waals surface area (Å²) < 4.78 is 9.04. The fourth-order valence-electron chi connectivity index (χ4n) is 8.46. The molecule has 53 heavy (non-hydrogen) atoms. The third kappa shape index (κ3) is 4.54. The second kappa shape index (κ2) is 11.7. The Morgan fingerprint density at radius 1 is 0.415 bits per heavy atom. The molecule has 0 saturated carbocycles. The molecular weight excluding hydrogens is 645 g/mol. The van der Waals surface area contributed by atoms with Crippen LogP contribution in [-0.4, -0.2) is 4.57 Å². The van der Waals surface area contributed by atoms with Gasteiger partial charge in [-0.05, 0) is 76.3 Å². The zero-order valence-electron chi connectivity index (χ0n) is 28.8. The maximum absolute atomic E-state index is 6.66. The Balaban J connectivity index is 1.32. The SMILES string of the molecule is c1ccc(-c2c(N(c3ccc4c(c3)c3ccccc3n4-c3ccccc3)c3c4ccccc4cc4oc5ccccc5c34)ccc3ccccc23)cc1. The molecule has 11 rings (SSSR count). The Bertz CT molecular complexity index is 3170. The Hall–Kier alpha value is -7.10. The number of para-hydroxylation sites is 3. The van der Waals surface area contributed by atoms with Crippen LogP contribution in [0, 0.1) is 0 Å². The van der Waals surface area contributed by atoms with E-state index in [0.29, 0.717) is 0 Å². The first kappa shape index (κ1) is 29.6. The van der Waals surface area contributed by atoms with Gasteiger partial charge in [0.05, 0.1) is 27.8 Å². The molecule has 0 radical (unpaired) electrons. The first-order valence-corrected chi connectivity index (χ1v) is 18.1. The van der Waals surface area contributed by atoms with Crippen molar-refractivity contribution in [2.45, 2.75) is 0 Å². The molecule has 0 aliphatic carbocycles. The number of furan rings is 1. The summed E-state index contributed by atoms with van der Waals surface area (Å²) in [6.45, 7) is 0. The van der Waals surface area contributed by atoms with E-state index < -0.39 is 0 Å². The summed E-state index contributed by atoms with van der Waals surface area (Å²) in [5.74, 6) is 0. The zero-order valence-corrected chi connectivity index (χ0v) is 28.8. The molecule has 9 aromatic carbocycles. The van der Waals surface area contributed by atoms with E-state index in [1.54, 1.807) is 0 Å². The maximum atomic E-state index is 6.66. The van der Waals surface area contributed by atoms with Crippen LogP contribution >= 0.6 is 0 Å². The third-order valence-electron chi connectivity index (χ3n) is 10.7. The van der Waals surface area contributed by atoms with E-state index in [4.69, 9.17) is 4.42 Å². The quantitative estimate of drug-likeness (QED) is 0.181. The monoisotopic (exact) mass is 676 g/mol. The molecule has 0 unspecified atom stereocenters. The molecule has 3 heteroatoms. The van der Waals surface area contributed by atoms with Gasteiger partial charge in [0, 0.05) is 38.5 Å². The summed E-state index contributed by atoms with van der Waals surface area (Å²) in [6.07, 6.45) is 0. The van der Waals surface area contributed by atoms with Gasteiger partial charge in [-0.3, -0.25) is 0 Å². The molecule has 2 heterocycles. The highest BCUT2D eigenvalue weighted by Crippen LogP contribution is 2.51. The molecule has 0 aliphatic heterocycles. The summed E-state index contributed by atoms with van der Waals surface area (Å²) in [7, 11) is 0. The molecule has 2 aromatic heterocycles. The van der Waals surface area contributed by atoms with Crippen LogP contribution in [0.15, 0.2) is 199 Å². The van der Waals surface area contributed by atoms with Crippen molar-refractivity contribution in [1.29, 1.82) is 0 Å². The lowest BCUT2D eigenvalue weighted by Gasteiger charge is -2.30. The van der Waals surface area contributed by atoms with Crippen molar-refractivity contribution in [1.82, 2.24) is 4.57 Å². The van der Waals surface area contributed by atoms with Gasteiger partial charge in [0.1, 0.15) is 11.2 Å². The molecule has 0 aliphatic rings. The van der Waals surface area contributed by atoms with Gasteiger partial charge in [-0.2, -0.15) is 0 Å². The second-order valence-corrected chi connectivity index (χ2v) is 13.7. The number of fused-ring (bicyclic) bond motifs is 8. The number of hydrogen-bond donors (Lipinski definition) is 0. The standard InChI is InChI=1S/C50H32N2O/c1-3-16-34(17-4-1)48-38-21-9-7-15-33(38)27-29-45(48)52(50-39-22-10-8-18-35(39)31-47-49(50)41-24-12-14-26-46(41)53-47)37-28-30-44-42(32-37)40-23-11-13-25-43(40)51(44)36-19-5-2-6-20-36/h1-32H. The molecule has 248 valence electrons. The molecule has 0 saturated heterocycles. The van der Waals surface area contributed by atoms with E-state index >= 15 is 0 Å². The van der Waals surface area contributed by atoms with Crippen LogP contribution in [0.3, 0.4) is 0 Å². The fourth-order valence-corrected chi connectivity index (χ4v) is 8.46. The van der Waals surface area contributed by atoms with E-state index in [9.17, 15) is 0 Å². The highest BCUT2D eigenvalue weighted by atomic mass is 16.3. The summed E-state index contributed by atoms with van der Waals surface area (Å²) in [5.41, 5.74) is 10.9. The summed E-state index contributed by atoms with van der Waals surface area (Å²) in [4.78, 5) is 2.50. The van der Waals surface area contributed by atoms with Crippen LogP contribution in [0.25, 0.3) is 82.1 Å². The van der Waals surface area contributed by atoms with Crippen LogP contribution in [0.1, 0.15) is 0 Å². The lowest BCUT2D eigenvalue weighted by Crippen LogP contribution is -2.12. The minimum absolute atomic E-state index is 0.869. The molecular formula is C50H32N2O. The summed E-state index contributed by atoms with van der Waals surface area (Å²) in [5, 5.41) is 9.29. The molecule has 0 spiro atoms. The highest BCUT2D eigenvalue weighted by Gasteiger charge is 2.26. The van der Waals surface area contributed by atoms with Gasteiger partial charge in [-0.15, -0.1) is 0 Å². The van der Waals surface area contributed by atoms with Gasteiger partial charge in [0.25, 0.3) is 0 Å². The van der Waals surface area contributed by atoms with Crippen molar-refractivity contribution in [3.05, 3.63) is 194 Å². The molecule has 3 nitrogen and oxygen atoms in total. The van der Waals surface area contributed by atoms with Crippen molar-refractivity contribution >= 4 is 82.4 Å². The predicted molar refractivity (Wildman–Crippen MR) is 223 cm³/mol. The van der Waals surface area contributed by atoms with Crippen molar-refractivity contribution < 1.29 is 4.42 Å². The zero-order chi connectivity index (χ0) is 34.9. The van der Waals surface area contributed by atoms with Crippen LogP contribution in [0.2, 0.25) is 0 Å². The molecule has 0 N–H and O–H groups in total. The average molecular weight is 677 g/mol. The van der Waals surface area contributed by atoms with Crippen molar-refractivity contribution in [2.75, 3.05) is 4.90 Å². The lowest BCUT2D eigenvalue weighted by molar-refractivity contribution is 0.669. The predicted octanol–water partition coefficient (Wildman–Crippen LogP) is 14.1. The smallest absolute Gasteiger partial charge is 0.138 e. The highest BCUT2D eigenvalue weighted by molar-refractivity contribution is 6.23. The third-order valence-corrected chi connectivity index (χ3v) is 10.7.